The van der Waals surface area contributed by atoms with E-state index in [1.165, 1.54) is 17.7 Å². The first-order valence-electron chi connectivity index (χ1n) is 8.06. The van der Waals surface area contributed by atoms with Crippen LogP contribution in [0.3, 0.4) is 0 Å². The number of nitrogens with zero attached hydrogens (tertiary/aromatic N) is 2. The van der Waals surface area contributed by atoms with Crippen LogP contribution < -0.4 is 5.32 Å². The van der Waals surface area contributed by atoms with Gasteiger partial charge in [0.25, 0.3) is 11.6 Å². The third-order valence-electron chi connectivity index (χ3n) is 4.20. The maximum atomic E-state index is 12.4. The predicted molar refractivity (Wildman–Crippen MR) is 97.8 cm³/mol. The molecule has 0 aromatic heterocycles. The Balaban J connectivity index is 2.10. The molecule has 0 fully saturated rings. The lowest BCUT2D eigenvalue weighted by Crippen LogP contribution is -2.34. The van der Waals surface area contributed by atoms with Gasteiger partial charge in [0.05, 0.1) is 11.0 Å². The van der Waals surface area contributed by atoms with Crippen LogP contribution in [0.1, 0.15) is 33.1 Å². The molecule has 1 atom stereocenters. The minimum atomic E-state index is -0.448. The van der Waals surface area contributed by atoms with E-state index in [9.17, 15) is 14.9 Å². The van der Waals surface area contributed by atoms with E-state index in [1.54, 1.807) is 13.0 Å². The number of aryl methyl sites for hydroxylation is 2. The number of likely N-dealkylation sites (N-methyl/N-ethyl adjacent to an activating group) is 1. The first-order chi connectivity index (χ1) is 11.8. The standard InChI is InChI=1S/C19H23N3O3/c1-13-5-7-15(8-6-13)18(21(3)4)12-20-19(23)16-9-10-17(22(24)25)14(2)11-16/h5-11,18H,12H2,1-4H3,(H,20,23)/t18-/m1/s1. The van der Waals surface area contributed by atoms with Gasteiger partial charge in [0, 0.05) is 23.7 Å². The second-order valence-electron chi connectivity index (χ2n) is 6.36. The molecule has 1 N–H and O–H groups in total. The lowest BCUT2D eigenvalue weighted by atomic mass is 10.0. The number of hydrogen-bond acceptors (Lipinski definition) is 4. The van der Waals surface area contributed by atoms with Gasteiger partial charge in [0.2, 0.25) is 0 Å². The maximum Gasteiger partial charge on any atom is 0.272 e. The van der Waals surface area contributed by atoms with Crippen LogP contribution in [0.4, 0.5) is 5.69 Å². The van der Waals surface area contributed by atoms with Crippen molar-refractivity contribution in [2.45, 2.75) is 19.9 Å². The Morgan fingerprint density at radius 3 is 2.32 bits per heavy atom. The lowest BCUT2D eigenvalue weighted by Gasteiger charge is -2.25. The fourth-order valence-corrected chi connectivity index (χ4v) is 2.68. The molecule has 6 nitrogen and oxygen atoms in total. The van der Waals surface area contributed by atoms with Crippen LogP contribution in [0.15, 0.2) is 42.5 Å². The molecular formula is C19H23N3O3. The molecule has 6 heteroatoms. The van der Waals surface area contributed by atoms with Gasteiger partial charge in [-0.2, -0.15) is 0 Å². The largest absolute Gasteiger partial charge is 0.350 e. The van der Waals surface area contributed by atoms with Crippen LogP contribution in [0, 0.1) is 24.0 Å². The van der Waals surface area contributed by atoms with E-state index in [0.29, 0.717) is 17.7 Å². The summed E-state index contributed by atoms with van der Waals surface area (Å²) in [5, 5.41) is 13.8. The van der Waals surface area contributed by atoms with Gasteiger partial charge in [0.1, 0.15) is 0 Å². The van der Waals surface area contributed by atoms with Crippen LogP contribution in [-0.2, 0) is 0 Å². The Kier molecular flexibility index (Phi) is 5.88. The highest BCUT2D eigenvalue weighted by Gasteiger charge is 2.17. The van der Waals surface area contributed by atoms with Gasteiger partial charge in [-0.15, -0.1) is 0 Å². The molecule has 0 aliphatic carbocycles. The van der Waals surface area contributed by atoms with Crippen molar-refractivity contribution in [2.75, 3.05) is 20.6 Å². The SMILES string of the molecule is Cc1ccc([C@@H](CNC(=O)c2ccc([N+](=O)[O-])c(C)c2)N(C)C)cc1. The van der Waals surface area contributed by atoms with E-state index in [-0.39, 0.29) is 17.6 Å². The Labute approximate surface area is 147 Å². The number of carbonyl (C=O) groups is 1. The highest BCUT2D eigenvalue weighted by Crippen LogP contribution is 2.20. The van der Waals surface area contributed by atoms with E-state index in [4.69, 9.17) is 0 Å². The monoisotopic (exact) mass is 341 g/mol. The van der Waals surface area contributed by atoms with E-state index in [1.807, 2.05) is 38.1 Å². The average Bonchev–Trinajstić information content (AvgIpc) is 2.55. The number of nitro groups is 1. The third kappa shape index (κ3) is 4.64. The van der Waals surface area contributed by atoms with Crippen molar-refractivity contribution in [3.63, 3.8) is 0 Å². The highest BCUT2D eigenvalue weighted by atomic mass is 16.6. The number of carbonyl (C=O) groups excluding carboxylic acids is 1. The maximum absolute atomic E-state index is 12.4. The molecule has 1 amide bonds. The summed E-state index contributed by atoms with van der Waals surface area (Å²) in [6, 6.07) is 12.7. The Morgan fingerprint density at radius 2 is 1.80 bits per heavy atom. The van der Waals surface area contributed by atoms with Crippen molar-refractivity contribution in [3.05, 3.63) is 74.8 Å². The Hall–Kier alpha value is -2.73. The van der Waals surface area contributed by atoms with Crippen LogP contribution in [-0.4, -0.2) is 36.4 Å². The molecule has 2 aromatic rings. The molecule has 0 aliphatic rings. The van der Waals surface area contributed by atoms with Crippen LogP contribution >= 0.6 is 0 Å². The fourth-order valence-electron chi connectivity index (χ4n) is 2.68. The van der Waals surface area contributed by atoms with E-state index >= 15 is 0 Å². The summed E-state index contributed by atoms with van der Waals surface area (Å²) in [5.74, 6) is -0.239. The van der Waals surface area contributed by atoms with Crippen molar-refractivity contribution in [2.24, 2.45) is 0 Å². The summed E-state index contributed by atoms with van der Waals surface area (Å²) in [5.41, 5.74) is 3.22. The number of hydrogen-bond donors (Lipinski definition) is 1. The van der Waals surface area contributed by atoms with Gasteiger partial charge in [-0.05, 0) is 45.6 Å². The van der Waals surface area contributed by atoms with Gasteiger partial charge in [-0.3, -0.25) is 14.9 Å². The summed E-state index contributed by atoms with van der Waals surface area (Å²) in [6.07, 6.45) is 0. The summed E-state index contributed by atoms with van der Waals surface area (Å²) >= 11 is 0. The van der Waals surface area contributed by atoms with Gasteiger partial charge in [-0.25, -0.2) is 0 Å². The molecule has 132 valence electrons. The molecule has 0 saturated heterocycles. The molecule has 0 unspecified atom stereocenters. The molecule has 2 rings (SSSR count). The van der Waals surface area contributed by atoms with Gasteiger partial charge < -0.3 is 10.2 Å². The van der Waals surface area contributed by atoms with Crippen molar-refractivity contribution < 1.29 is 9.72 Å². The highest BCUT2D eigenvalue weighted by molar-refractivity contribution is 5.94. The minimum absolute atomic E-state index is 0.0161. The molecule has 0 aliphatic heterocycles. The summed E-state index contributed by atoms with van der Waals surface area (Å²) < 4.78 is 0. The molecule has 0 heterocycles. The molecule has 0 spiro atoms. The number of amides is 1. The van der Waals surface area contributed by atoms with Gasteiger partial charge >= 0.3 is 0 Å². The van der Waals surface area contributed by atoms with Crippen LogP contribution in [0.5, 0.6) is 0 Å². The topological polar surface area (TPSA) is 75.5 Å². The number of benzene rings is 2. The van der Waals surface area contributed by atoms with E-state index in [2.05, 4.69) is 17.4 Å². The number of nitro benzene ring substituents is 1. The molecule has 0 saturated carbocycles. The van der Waals surface area contributed by atoms with Crippen molar-refractivity contribution >= 4 is 11.6 Å². The third-order valence-corrected chi connectivity index (χ3v) is 4.20. The van der Waals surface area contributed by atoms with Crippen LogP contribution in [0.25, 0.3) is 0 Å². The zero-order valence-corrected chi connectivity index (χ0v) is 14.9. The zero-order chi connectivity index (χ0) is 18.6. The quantitative estimate of drug-likeness (QED) is 0.646. The molecular weight excluding hydrogens is 318 g/mol. The van der Waals surface area contributed by atoms with E-state index < -0.39 is 4.92 Å². The summed E-state index contributed by atoms with van der Waals surface area (Å²) in [6.45, 7) is 4.11. The normalized spacial score (nSPS) is 12.0. The summed E-state index contributed by atoms with van der Waals surface area (Å²) in [4.78, 5) is 24.9. The van der Waals surface area contributed by atoms with Crippen molar-refractivity contribution in [1.82, 2.24) is 10.2 Å². The molecule has 0 radical (unpaired) electrons. The zero-order valence-electron chi connectivity index (χ0n) is 14.9. The van der Waals surface area contributed by atoms with E-state index in [0.717, 1.165) is 5.56 Å². The average molecular weight is 341 g/mol. The Bertz CT molecular complexity index is 770. The first-order valence-corrected chi connectivity index (χ1v) is 8.06. The fraction of sp³-hybridized carbons (Fsp3) is 0.316. The second-order valence-corrected chi connectivity index (χ2v) is 6.36. The van der Waals surface area contributed by atoms with Gasteiger partial charge in [-0.1, -0.05) is 29.8 Å². The summed E-state index contributed by atoms with van der Waals surface area (Å²) in [7, 11) is 3.93. The molecule has 2 aromatic carbocycles. The van der Waals surface area contributed by atoms with Crippen molar-refractivity contribution in [1.29, 1.82) is 0 Å². The lowest BCUT2D eigenvalue weighted by molar-refractivity contribution is -0.385. The van der Waals surface area contributed by atoms with Crippen LogP contribution in [0.2, 0.25) is 0 Å². The Morgan fingerprint density at radius 1 is 1.16 bits per heavy atom. The first kappa shape index (κ1) is 18.6. The predicted octanol–water partition coefficient (Wildman–Crippen LogP) is 3.24. The van der Waals surface area contributed by atoms with Crippen molar-refractivity contribution in [3.8, 4) is 0 Å². The smallest absolute Gasteiger partial charge is 0.272 e. The molecule has 25 heavy (non-hydrogen) atoms. The second kappa shape index (κ2) is 7.90. The molecule has 0 bridgehead atoms. The number of nitrogens with one attached hydrogen (secondary N) is 1. The minimum Gasteiger partial charge on any atom is -0.350 e. The number of rotatable bonds is 6. The van der Waals surface area contributed by atoms with Gasteiger partial charge in [0.15, 0.2) is 0 Å².